The number of amides is 1. The van der Waals surface area contributed by atoms with E-state index < -0.39 is 0 Å². The number of hydrogen-bond acceptors (Lipinski definition) is 5. The highest BCUT2D eigenvalue weighted by molar-refractivity contribution is 6.08. The molecule has 1 amide bonds. The molecule has 1 unspecified atom stereocenters. The second-order valence-electron chi connectivity index (χ2n) is 7.04. The average molecular weight is 336 g/mol. The molecule has 1 aliphatic heterocycles. The van der Waals surface area contributed by atoms with E-state index in [-0.39, 0.29) is 11.8 Å². The van der Waals surface area contributed by atoms with E-state index in [4.69, 9.17) is 0 Å². The summed E-state index contributed by atoms with van der Waals surface area (Å²) in [7, 11) is 0. The maximum Gasteiger partial charge on any atom is 0.225 e. The van der Waals surface area contributed by atoms with Gasteiger partial charge in [0.15, 0.2) is 11.3 Å². The molecule has 4 heterocycles. The number of anilines is 1. The topological polar surface area (TPSA) is 86.8 Å². The number of nitrogens with one attached hydrogen (secondary N) is 2. The van der Waals surface area contributed by atoms with Crippen LogP contribution in [0.15, 0.2) is 24.5 Å². The van der Waals surface area contributed by atoms with Crippen molar-refractivity contribution in [2.24, 2.45) is 5.92 Å². The zero-order valence-corrected chi connectivity index (χ0v) is 13.9. The highest BCUT2D eigenvalue weighted by atomic mass is 16.2. The van der Waals surface area contributed by atoms with Crippen LogP contribution in [0.1, 0.15) is 25.7 Å². The summed E-state index contributed by atoms with van der Waals surface area (Å²) in [5.74, 6) is 0.260. The first-order chi connectivity index (χ1) is 12.3. The number of carbonyl (C=O) groups is 1. The molecule has 25 heavy (non-hydrogen) atoms. The number of carbonyl (C=O) groups excluding carboxylic acids is 1. The first-order valence-electron chi connectivity index (χ1n) is 8.93. The molecule has 1 saturated carbocycles. The molecule has 2 N–H and O–H groups in total. The van der Waals surface area contributed by atoms with Crippen molar-refractivity contribution in [3.05, 3.63) is 24.5 Å². The lowest BCUT2D eigenvalue weighted by Gasteiger charge is -2.34. The molecule has 0 bridgehead atoms. The van der Waals surface area contributed by atoms with Crippen LogP contribution < -0.4 is 10.2 Å². The van der Waals surface area contributed by atoms with Crippen molar-refractivity contribution in [1.82, 2.24) is 25.5 Å². The van der Waals surface area contributed by atoms with E-state index in [2.05, 4.69) is 36.4 Å². The van der Waals surface area contributed by atoms with Gasteiger partial charge >= 0.3 is 0 Å². The van der Waals surface area contributed by atoms with Crippen LogP contribution in [0.3, 0.4) is 0 Å². The zero-order chi connectivity index (χ0) is 16.8. The number of fused-ring (bicyclic) bond motifs is 3. The highest BCUT2D eigenvalue weighted by Gasteiger charge is 2.31. The number of aromatic nitrogens is 4. The Bertz CT molecular complexity index is 947. The van der Waals surface area contributed by atoms with Gasteiger partial charge in [0.05, 0.1) is 11.3 Å². The number of aromatic amines is 1. The largest absolute Gasteiger partial charge is 0.370 e. The predicted molar refractivity (Wildman–Crippen MR) is 95.3 cm³/mol. The Morgan fingerprint density at radius 2 is 2.16 bits per heavy atom. The summed E-state index contributed by atoms with van der Waals surface area (Å²) in [5, 5.41) is 13.6. The fraction of sp³-hybridized carbons (Fsp3) is 0.444. The molecular weight excluding hydrogens is 316 g/mol. The Morgan fingerprint density at radius 1 is 1.24 bits per heavy atom. The number of rotatable bonds is 3. The second-order valence-corrected chi connectivity index (χ2v) is 7.04. The molecule has 3 aromatic heterocycles. The smallest absolute Gasteiger partial charge is 0.225 e. The third kappa shape index (κ3) is 2.59. The Morgan fingerprint density at radius 3 is 3.04 bits per heavy atom. The summed E-state index contributed by atoms with van der Waals surface area (Å²) in [4.78, 5) is 22.2. The summed E-state index contributed by atoms with van der Waals surface area (Å²) in [6.07, 6.45) is 7.88. The molecule has 0 radical (unpaired) electrons. The minimum Gasteiger partial charge on any atom is -0.370 e. The maximum absolute atomic E-state index is 12.5. The molecule has 2 aliphatic rings. The molecule has 2 fully saturated rings. The molecular formula is C18H20N6O. The quantitative estimate of drug-likeness (QED) is 0.764. The Kier molecular flexibility index (Phi) is 3.33. The molecule has 1 atom stereocenters. The first kappa shape index (κ1) is 14.6. The molecule has 3 aromatic rings. The van der Waals surface area contributed by atoms with Gasteiger partial charge in [-0.3, -0.25) is 4.79 Å². The van der Waals surface area contributed by atoms with E-state index in [1.165, 1.54) is 0 Å². The van der Waals surface area contributed by atoms with Gasteiger partial charge in [-0.25, -0.2) is 4.98 Å². The molecule has 0 aromatic carbocycles. The molecule has 7 heteroatoms. The SMILES string of the molecule is O=C(NC1CC1)C1CCCN(c2cc[nH]c3nnc4nccc4c23)C1. The minimum absolute atomic E-state index is 0.0525. The fourth-order valence-corrected chi connectivity index (χ4v) is 3.74. The van der Waals surface area contributed by atoms with Crippen molar-refractivity contribution >= 4 is 33.7 Å². The van der Waals surface area contributed by atoms with Crippen LogP contribution >= 0.6 is 0 Å². The van der Waals surface area contributed by atoms with Crippen LogP contribution in [0.4, 0.5) is 5.69 Å². The molecule has 0 spiro atoms. The number of piperidine rings is 1. The lowest BCUT2D eigenvalue weighted by Crippen LogP contribution is -2.43. The predicted octanol–water partition coefficient (Wildman–Crippen LogP) is 2.00. The average Bonchev–Trinajstić information content (AvgIpc) is 3.33. The Balaban J connectivity index is 1.51. The van der Waals surface area contributed by atoms with Crippen LogP contribution in [0.25, 0.3) is 22.1 Å². The number of nitrogens with zero attached hydrogens (tertiary/aromatic N) is 4. The number of H-pyrrole nitrogens is 1. The van der Waals surface area contributed by atoms with Gasteiger partial charge < -0.3 is 15.2 Å². The Hall–Kier alpha value is -2.70. The Labute approximate surface area is 144 Å². The fourth-order valence-electron chi connectivity index (χ4n) is 3.74. The standard InChI is InChI=1S/C18H20N6O/c25-18(21-12-3-4-12)11-2-1-9-24(10-11)14-6-8-20-17-15(14)13-5-7-19-16(13)22-23-17/h5-8,11-12H,1-4,9-10H2,(H,20,23)(H,21,25). The van der Waals surface area contributed by atoms with Gasteiger partial charge in [-0.15, -0.1) is 10.2 Å². The molecule has 1 aliphatic carbocycles. The molecule has 5 rings (SSSR count). The first-order valence-corrected chi connectivity index (χ1v) is 8.93. The van der Waals surface area contributed by atoms with Gasteiger partial charge in [0, 0.05) is 42.6 Å². The summed E-state index contributed by atoms with van der Waals surface area (Å²) >= 11 is 0. The van der Waals surface area contributed by atoms with Gasteiger partial charge in [0.1, 0.15) is 0 Å². The van der Waals surface area contributed by atoms with E-state index in [0.717, 1.165) is 60.9 Å². The van der Waals surface area contributed by atoms with E-state index in [9.17, 15) is 4.79 Å². The lowest BCUT2D eigenvalue weighted by atomic mass is 9.96. The van der Waals surface area contributed by atoms with E-state index in [1.54, 1.807) is 6.20 Å². The number of pyridine rings is 1. The third-order valence-corrected chi connectivity index (χ3v) is 5.20. The van der Waals surface area contributed by atoms with Crippen molar-refractivity contribution < 1.29 is 4.79 Å². The summed E-state index contributed by atoms with van der Waals surface area (Å²) < 4.78 is 0. The number of hydrogen-bond donors (Lipinski definition) is 2. The van der Waals surface area contributed by atoms with Crippen molar-refractivity contribution in [3.8, 4) is 0 Å². The van der Waals surface area contributed by atoms with Gasteiger partial charge in [0.25, 0.3) is 0 Å². The van der Waals surface area contributed by atoms with Crippen LogP contribution in [-0.2, 0) is 4.79 Å². The molecule has 128 valence electrons. The second kappa shape index (κ2) is 5.68. The molecule has 1 saturated heterocycles. The summed E-state index contributed by atoms with van der Waals surface area (Å²) in [5.41, 5.74) is 2.52. The van der Waals surface area contributed by atoms with Gasteiger partial charge in [-0.1, -0.05) is 0 Å². The van der Waals surface area contributed by atoms with Gasteiger partial charge in [0.2, 0.25) is 5.91 Å². The van der Waals surface area contributed by atoms with Crippen LogP contribution in [0.5, 0.6) is 0 Å². The summed E-state index contributed by atoms with van der Waals surface area (Å²) in [6.45, 7) is 1.69. The lowest BCUT2D eigenvalue weighted by molar-refractivity contribution is -0.125. The maximum atomic E-state index is 12.5. The van der Waals surface area contributed by atoms with E-state index >= 15 is 0 Å². The highest BCUT2D eigenvalue weighted by Crippen LogP contribution is 2.33. The molecule has 7 nitrogen and oxygen atoms in total. The zero-order valence-electron chi connectivity index (χ0n) is 13.9. The third-order valence-electron chi connectivity index (χ3n) is 5.20. The van der Waals surface area contributed by atoms with Crippen molar-refractivity contribution in [1.29, 1.82) is 0 Å². The van der Waals surface area contributed by atoms with Crippen LogP contribution in [-0.4, -0.2) is 45.2 Å². The minimum atomic E-state index is 0.0525. The normalized spacial score (nSPS) is 21.0. The monoisotopic (exact) mass is 336 g/mol. The van der Waals surface area contributed by atoms with Crippen LogP contribution in [0, 0.1) is 5.92 Å². The summed E-state index contributed by atoms with van der Waals surface area (Å²) in [6, 6.07) is 4.46. The van der Waals surface area contributed by atoms with Crippen molar-refractivity contribution in [2.75, 3.05) is 18.0 Å². The van der Waals surface area contributed by atoms with E-state index in [1.807, 2.05) is 12.3 Å². The van der Waals surface area contributed by atoms with Crippen molar-refractivity contribution in [2.45, 2.75) is 31.7 Å². The van der Waals surface area contributed by atoms with E-state index in [0.29, 0.717) is 11.7 Å². The van der Waals surface area contributed by atoms with Crippen molar-refractivity contribution in [3.63, 3.8) is 0 Å². The van der Waals surface area contributed by atoms with Gasteiger partial charge in [-0.05, 0) is 37.8 Å². The van der Waals surface area contributed by atoms with Crippen LogP contribution in [0.2, 0.25) is 0 Å². The van der Waals surface area contributed by atoms with Gasteiger partial charge in [-0.2, -0.15) is 0 Å².